The molecule has 112 valence electrons. The smallest absolute Gasteiger partial charge is 0.0449 e. The van der Waals surface area contributed by atoms with E-state index in [2.05, 4.69) is 77.0 Å². The third-order valence-corrected chi connectivity index (χ3v) is 4.38. The Labute approximate surface area is 127 Å². The summed E-state index contributed by atoms with van der Waals surface area (Å²) >= 11 is 0. The van der Waals surface area contributed by atoms with Crippen LogP contribution < -0.4 is 0 Å². The van der Waals surface area contributed by atoms with Crippen LogP contribution in [0.2, 0.25) is 0 Å². The van der Waals surface area contributed by atoms with Gasteiger partial charge in [-0.25, -0.2) is 0 Å². The molecule has 0 N–H and O–H groups in total. The first-order valence-corrected chi connectivity index (χ1v) is 7.91. The fraction of sp³-hybridized carbons (Fsp3) is 0.444. The van der Waals surface area contributed by atoms with Crippen LogP contribution in [0.25, 0.3) is 5.69 Å². The highest BCUT2D eigenvalue weighted by atomic mass is 15.3. The van der Waals surface area contributed by atoms with Crippen LogP contribution in [0.1, 0.15) is 19.4 Å². The Morgan fingerprint density at radius 3 is 2.10 bits per heavy atom. The first kappa shape index (κ1) is 14.4. The van der Waals surface area contributed by atoms with E-state index in [0.29, 0.717) is 6.04 Å². The zero-order valence-electron chi connectivity index (χ0n) is 13.1. The van der Waals surface area contributed by atoms with Crippen molar-refractivity contribution in [1.29, 1.82) is 0 Å². The lowest BCUT2D eigenvalue weighted by Gasteiger charge is -2.36. The van der Waals surface area contributed by atoms with E-state index in [4.69, 9.17) is 0 Å². The summed E-state index contributed by atoms with van der Waals surface area (Å²) in [5.41, 5.74) is 2.64. The average Bonchev–Trinajstić information content (AvgIpc) is 3.03. The Balaban J connectivity index is 1.57. The number of hydrogen-bond acceptors (Lipinski definition) is 2. The van der Waals surface area contributed by atoms with E-state index in [1.165, 1.54) is 37.4 Å². The van der Waals surface area contributed by atoms with Crippen LogP contribution in [0.4, 0.5) is 0 Å². The number of rotatable bonds is 4. The molecule has 3 rings (SSSR count). The summed E-state index contributed by atoms with van der Waals surface area (Å²) in [5.74, 6) is 0. The molecular weight excluding hydrogens is 258 g/mol. The molecule has 3 heteroatoms. The van der Waals surface area contributed by atoms with Gasteiger partial charge in [-0.05, 0) is 43.7 Å². The zero-order valence-corrected chi connectivity index (χ0v) is 13.1. The molecule has 0 bridgehead atoms. The van der Waals surface area contributed by atoms with Crippen molar-refractivity contribution in [3.05, 3.63) is 54.4 Å². The Hall–Kier alpha value is -1.58. The first-order valence-electron chi connectivity index (χ1n) is 7.91. The molecule has 0 unspecified atom stereocenters. The Kier molecular flexibility index (Phi) is 4.42. The van der Waals surface area contributed by atoms with Gasteiger partial charge in [-0.3, -0.25) is 9.80 Å². The van der Waals surface area contributed by atoms with E-state index in [1.54, 1.807) is 0 Å². The van der Waals surface area contributed by atoms with Gasteiger partial charge in [0.15, 0.2) is 0 Å². The van der Waals surface area contributed by atoms with Gasteiger partial charge in [-0.1, -0.05) is 12.1 Å². The van der Waals surface area contributed by atoms with Crippen LogP contribution in [-0.2, 0) is 6.54 Å². The lowest BCUT2D eigenvalue weighted by Crippen LogP contribution is -2.48. The highest BCUT2D eigenvalue weighted by Crippen LogP contribution is 2.13. The minimum absolute atomic E-state index is 0.674. The van der Waals surface area contributed by atoms with E-state index in [1.807, 2.05) is 0 Å². The van der Waals surface area contributed by atoms with E-state index >= 15 is 0 Å². The van der Waals surface area contributed by atoms with Crippen molar-refractivity contribution >= 4 is 0 Å². The molecule has 0 saturated carbocycles. The summed E-state index contributed by atoms with van der Waals surface area (Å²) in [4.78, 5) is 5.12. The molecular formula is C18H25N3. The van der Waals surface area contributed by atoms with Crippen LogP contribution in [0.5, 0.6) is 0 Å². The molecule has 0 aliphatic carbocycles. The molecule has 1 aliphatic heterocycles. The largest absolute Gasteiger partial charge is 0.324 e. The Morgan fingerprint density at radius 2 is 1.52 bits per heavy atom. The molecule has 21 heavy (non-hydrogen) atoms. The molecule has 1 fully saturated rings. The van der Waals surface area contributed by atoms with Crippen molar-refractivity contribution < 1.29 is 0 Å². The average molecular weight is 283 g/mol. The van der Waals surface area contributed by atoms with Gasteiger partial charge in [0, 0.05) is 56.8 Å². The minimum Gasteiger partial charge on any atom is -0.324 e. The van der Waals surface area contributed by atoms with Gasteiger partial charge in [-0.15, -0.1) is 0 Å². The number of benzene rings is 1. The summed E-state index contributed by atoms with van der Waals surface area (Å²) < 4.78 is 2.14. The van der Waals surface area contributed by atoms with Crippen molar-refractivity contribution in [3.63, 3.8) is 0 Å². The molecule has 1 aromatic carbocycles. The summed E-state index contributed by atoms with van der Waals surface area (Å²) in [6, 6.07) is 13.7. The third-order valence-electron chi connectivity index (χ3n) is 4.38. The van der Waals surface area contributed by atoms with E-state index < -0.39 is 0 Å². The fourth-order valence-corrected chi connectivity index (χ4v) is 2.98. The van der Waals surface area contributed by atoms with Gasteiger partial charge in [0.1, 0.15) is 0 Å². The third kappa shape index (κ3) is 3.55. The SMILES string of the molecule is CC(C)N1CCN(Cc2ccc(-n3cccc3)cc2)CC1. The standard InChI is InChI=1S/C18H25N3/c1-16(2)20-13-11-19(12-14-20)15-17-5-7-18(8-6-17)21-9-3-4-10-21/h3-10,16H,11-15H2,1-2H3. The Bertz CT molecular complexity index is 534. The summed E-state index contributed by atoms with van der Waals surface area (Å²) in [6.07, 6.45) is 4.17. The van der Waals surface area contributed by atoms with Gasteiger partial charge >= 0.3 is 0 Å². The molecule has 1 saturated heterocycles. The normalized spacial score (nSPS) is 17.5. The predicted octanol–water partition coefficient (Wildman–Crippen LogP) is 3.00. The zero-order chi connectivity index (χ0) is 14.7. The lowest BCUT2D eigenvalue weighted by molar-refractivity contribution is 0.104. The van der Waals surface area contributed by atoms with E-state index in [0.717, 1.165) is 6.54 Å². The first-order chi connectivity index (χ1) is 10.2. The molecule has 0 amide bonds. The maximum atomic E-state index is 2.56. The van der Waals surface area contributed by atoms with Crippen LogP contribution in [0.3, 0.4) is 0 Å². The molecule has 0 spiro atoms. The maximum absolute atomic E-state index is 2.56. The second-order valence-corrected chi connectivity index (χ2v) is 6.16. The lowest BCUT2D eigenvalue weighted by atomic mass is 10.1. The van der Waals surface area contributed by atoms with Gasteiger partial charge in [-0.2, -0.15) is 0 Å². The second-order valence-electron chi connectivity index (χ2n) is 6.16. The molecule has 2 heterocycles. The molecule has 1 aromatic heterocycles. The molecule has 0 atom stereocenters. The minimum atomic E-state index is 0.674. The second kappa shape index (κ2) is 6.46. The van der Waals surface area contributed by atoms with Gasteiger partial charge in [0.2, 0.25) is 0 Å². The van der Waals surface area contributed by atoms with Gasteiger partial charge in [0.25, 0.3) is 0 Å². The van der Waals surface area contributed by atoms with Crippen LogP contribution in [-0.4, -0.2) is 46.6 Å². The highest BCUT2D eigenvalue weighted by Gasteiger charge is 2.18. The van der Waals surface area contributed by atoms with Gasteiger partial charge < -0.3 is 4.57 Å². The van der Waals surface area contributed by atoms with Crippen molar-refractivity contribution in [2.24, 2.45) is 0 Å². The van der Waals surface area contributed by atoms with Crippen LogP contribution in [0.15, 0.2) is 48.8 Å². The number of aromatic nitrogens is 1. The maximum Gasteiger partial charge on any atom is 0.0449 e. The number of nitrogens with zero attached hydrogens (tertiary/aromatic N) is 3. The van der Waals surface area contributed by atoms with Crippen molar-refractivity contribution in [2.75, 3.05) is 26.2 Å². The molecule has 0 radical (unpaired) electrons. The summed E-state index contributed by atoms with van der Waals surface area (Å²) in [7, 11) is 0. The van der Waals surface area contributed by atoms with Crippen molar-refractivity contribution in [3.8, 4) is 5.69 Å². The summed E-state index contributed by atoms with van der Waals surface area (Å²) in [5, 5.41) is 0. The van der Waals surface area contributed by atoms with Gasteiger partial charge in [0.05, 0.1) is 0 Å². The monoisotopic (exact) mass is 283 g/mol. The number of piperazine rings is 1. The highest BCUT2D eigenvalue weighted by molar-refractivity contribution is 5.35. The van der Waals surface area contributed by atoms with E-state index in [-0.39, 0.29) is 0 Å². The number of hydrogen-bond donors (Lipinski definition) is 0. The predicted molar refractivity (Wildman–Crippen MR) is 87.8 cm³/mol. The fourth-order valence-electron chi connectivity index (χ4n) is 2.98. The Morgan fingerprint density at radius 1 is 0.905 bits per heavy atom. The quantitative estimate of drug-likeness (QED) is 0.854. The topological polar surface area (TPSA) is 11.4 Å². The molecule has 1 aliphatic rings. The summed E-state index contributed by atoms with van der Waals surface area (Å²) in [6.45, 7) is 10.4. The molecule has 2 aromatic rings. The van der Waals surface area contributed by atoms with Crippen molar-refractivity contribution in [2.45, 2.75) is 26.4 Å². The molecule has 3 nitrogen and oxygen atoms in total. The van der Waals surface area contributed by atoms with Crippen LogP contribution in [0, 0.1) is 0 Å². The van der Waals surface area contributed by atoms with Crippen molar-refractivity contribution in [1.82, 2.24) is 14.4 Å². The van der Waals surface area contributed by atoms with E-state index in [9.17, 15) is 0 Å². The van der Waals surface area contributed by atoms with Crippen LogP contribution >= 0.6 is 0 Å².